The molecule has 0 radical (unpaired) electrons. The van der Waals surface area contributed by atoms with Gasteiger partial charge in [-0.05, 0) is 38.1 Å². The molecule has 110 valence electrons. The molecule has 0 atom stereocenters. The molecule has 2 rings (SSSR count). The van der Waals surface area contributed by atoms with Crippen LogP contribution >= 0.6 is 11.8 Å². The molecule has 2 aromatic rings. The molecule has 0 heterocycles. The van der Waals surface area contributed by atoms with E-state index in [4.69, 9.17) is 9.47 Å². The van der Waals surface area contributed by atoms with E-state index in [2.05, 4.69) is 0 Å². The molecule has 0 aliphatic carbocycles. The van der Waals surface area contributed by atoms with Gasteiger partial charge in [-0.25, -0.2) is 0 Å². The second-order valence-electron chi connectivity index (χ2n) is 4.24. The van der Waals surface area contributed by atoms with Gasteiger partial charge in [0, 0.05) is 15.4 Å². The average molecular weight is 302 g/mol. The van der Waals surface area contributed by atoms with Crippen LogP contribution in [0.5, 0.6) is 11.5 Å². The largest absolute Gasteiger partial charge is 0.490 e. The van der Waals surface area contributed by atoms with Gasteiger partial charge in [0.25, 0.3) is 0 Å². The van der Waals surface area contributed by atoms with Gasteiger partial charge in [0.05, 0.1) is 13.2 Å². The second kappa shape index (κ2) is 7.74. The molecule has 21 heavy (non-hydrogen) atoms. The monoisotopic (exact) mass is 302 g/mol. The van der Waals surface area contributed by atoms with Crippen molar-refractivity contribution in [2.45, 2.75) is 23.6 Å². The molecule has 0 amide bonds. The summed E-state index contributed by atoms with van der Waals surface area (Å²) in [6.07, 6.45) is 0.851. The van der Waals surface area contributed by atoms with Crippen LogP contribution in [-0.4, -0.2) is 19.5 Å². The maximum Gasteiger partial charge on any atom is 0.162 e. The van der Waals surface area contributed by atoms with Crippen molar-refractivity contribution in [1.82, 2.24) is 0 Å². The highest BCUT2D eigenvalue weighted by molar-refractivity contribution is 7.99. The molecule has 0 aliphatic heterocycles. The lowest BCUT2D eigenvalue weighted by molar-refractivity contribution is 0.112. The Bertz CT molecular complexity index is 596. The van der Waals surface area contributed by atoms with Crippen molar-refractivity contribution in [2.24, 2.45) is 0 Å². The lowest BCUT2D eigenvalue weighted by atomic mass is 10.2. The Morgan fingerprint density at radius 3 is 2.19 bits per heavy atom. The van der Waals surface area contributed by atoms with Gasteiger partial charge < -0.3 is 9.47 Å². The number of ether oxygens (including phenoxy) is 2. The fourth-order valence-electron chi connectivity index (χ4n) is 1.89. The van der Waals surface area contributed by atoms with Crippen molar-refractivity contribution in [3.8, 4) is 11.5 Å². The first-order valence-electron chi connectivity index (χ1n) is 6.90. The van der Waals surface area contributed by atoms with Gasteiger partial charge >= 0.3 is 0 Å². The van der Waals surface area contributed by atoms with E-state index in [-0.39, 0.29) is 0 Å². The summed E-state index contributed by atoms with van der Waals surface area (Å²) in [6, 6.07) is 13.5. The Kier molecular flexibility index (Phi) is 5.69. The summed E-state index contributed by atoms with van der Waals surface area (Å²) in [5.74, 6) is 1.28. The van der Waals surface area contributed by atoms with E-state index < -0.39 is 0 Å². The van der Waals surface area contributed by atoms with Crippen molar-refractivity contribution >= 4 is 18.0 Å². The van der Waals surface area contributed by atoms with Crippen LogP contribution in [0.1, 0.15) is 24.2 Å². The minimum atomic E-state index is 0.531. The number of aldehydes is 1. The number of carbonyl (C=O) groups excluding carboxylic acids is 1. The number of benzene rings is 2. The Morgan fingerprint density at radius 1 is 1.00 bits per heavy atom. The minimum Gasteiger partial charge on any atom is -0.490 e. The first-order chi connectivity index (χ1) is 10.3. The van der Waals surface area contributed by atoms with Gasteiger partial charge in [-0.1, -0.05) is 30.0 Å². The van der Waals surface area contributed by atoms with Gasteiger partial charge in [0.1, 0.15) is 0 Å². The van der Waals surface area contributed by atoms with Crippen molar-refractivity contribution in [3.63, 3.8) is 0 Å². The van der Waals surface area contributed by atoms with Crippen LogP contribution in [0.25, 0.3) is 0 Å². The Balaban J connectivity index is 2.39. The van der Waals surface area contributed by atoms with E-state index in [1.54, 1.807) is 6.07 Å². The fourth-order valence-corrected chi connectivity index (χ4v) is 2.83. The van der Waals surface area contributed by atoms with E-state index >= 15 is 0 Å². The van der Waals surface area contributed by atoms with Crippen LogP contribution in [0.4, 0.5) is 0 Å². The van der Waals surface area contributed by atoms with Crippen LogP contribution in [0.2, 0.25) is 0 Å². The molecule has 0 fully saturated rings. The SMILES string of the molecule is CCOc1cc(C=O)c(Sc2ccccc2)cc1OCC. The third-order valence-corrected chi connectivity index (χ3v) is 3.86. The Hall–Kier alpha value is -1.94. The second-order valence-corrected chi connectivity index (χ2v) is 5.35. The molecule has 2 aromatic carbocycles. The summed E-state index contributed by atoms with van der Waals surface area (Å²) < 4.78 is 11.2. The standard InChI is InChI=1S/C17H18O3S/c1-3-19-15-10-13(12-18)17(11-16(15)20-4-2)21-14-8-6-5-7-9-14/h5-12H,3-4H2,1-2H3. The summed E-state index contributed by atoms with van der Waals surface area (Å²) in [4.78, 5) is 13.3. The molecule has 0 N–H and O–H groups in total. The summed E-state index contributed by atoms with van der Waals surface area (Å²) in [5, 5.41) is 0. The van der Waals surface area contributed by atoms with Crippen molar-refractivity contribution in [3.05, 3.63) is 48.0 Å². The molecule has 0 spiro atoms. The molecule has 0 saturated carbocycles. The smallest absolute Gasteiger partial charge is 0.162 e. The first kappa shape index (κ1) is 15.4. The highest BCUT2D eigenvalue weighted by Gasteiger charge is 2.12. The van der Waals surface area contributed by atoms with Gasteiger partial charge in [-0.3, -0.25) is 4.79 Å². The highest BCUT2D eigenvalue weighted by atomic mass is 32.2. The predicted octanol–water partition coefficient (Wildman–Crippen LogP) is 4.45. The summed E-state index contributed by atoms with van der Waals surface area (Å²) in [5.41, 5.74) is 0.607. The van der Waals surface area contributed by atoms with Gasteiger partial charge in [0.2, 0.25) is 0 Å². The van der Waals surface area contributed by atoms with Gasteiger partial charge in [-0.2, -0.15) is 0 Å². The maximum absolute atomic E-state index is 11.3. The molecule has 0 aliphatic rings. The zero-order chi connectivity index (χ0) is 15.1. The van der Waals surface area contributed by atoms with Crippen LogP contribution in [-0.2, 0) is 0 Å². The van der Waals surface area contributed by atoms with Crippen LogP contribution in [0.15, 0.2) is 52.3 Å². The maximum atomic E-state index is 11.3. The molecule has 0 bridgehead atoms. The lowest BCUT2D eigenvalue weighted by Crippen LogP contribution is -2.00. The average Bonchev–Trinajstić information content (AvgIpc) is 2.51. The van der Waals surface area contributed by atoms with E-state index in [9.17, 15) is 4.79 Å². The number of hydrogen-bond donors (Lipinski definition) is 0. The normalized spacial score (nSPS) is 10.2. The summed E-state index contributed by atoms with van der Waals surface area (Å²) in [6.45, 7) is 4.91. The number of carbonyl (C=O) groups is 1. The van der Waals surface area contributed by atoms with Crippen LogP contribution in [0.3, 0.4) is 0 Å². The molecular weight excluding hydrogens is 284 g/mol. The zero-order valence-corrected chi connectivity index (χ0v) is 13.0. The highest BCUT2D eigenvalue weighted by Crippen LogP contribution is 2.38. The first-order valence-corrected chi connectivity index (χ1v) is 7.71. The molecule has 4 heteroatoms. The quantitative estimate of drug-likeness (QED) is 0.708. The van der Waals surface area contributed by atoms with E-state index in [0.29, 0.717) is 30.3 Å². The number of rotatable bonds is 7. The third-order valence-electron chi connectivity index (χ3n) is 2.77. The van der Waals surface area contributed by atoms with Crippen molar-refractivity contribution in [1.29, 1.82) is 0 Å². The fraction of sp³-hybridized carbons (Fsp3) is 0.235. The van der Waals surface area contributed by atoms with Crippen LogP contribution < -0.4 is 9.47 Å². The molecule has 0 aromatic heterocycles. The van der Waals surface area contributed by atoms with Crippen LogP contribution in [0, 0.1) is 0 Å². The third kappa shape index (κ3) is 4.02. The Labute approximate surface area is 129 Å². The Morgan fingerprint density at radius 2 is 1.62 bits per heavy atom. The molecular formula is C17H18O3S. The van der Waals surface area contributed by atoms with Gasteiger partial charge in [-0.15, -0.1) is 0 Å². The topological polar surface area (TPSA) is 35.5 Å². The lowest BCUT2D eigenvalue weighted by Gasteiger charge is -2.14. The molecule has 3 nitrogen and oxygen atoms in total. The van der Waals surface area contributed by atoms with Crippen molar-refractivity contribution < 1.29 is 14.3 Å². The molecule has 0 saturated heterocycles. The summed E-state index contributed by atoms with van der Waals surface area (Å²) >= 11 is 1.54. The van der Waals surface area contributed by atoms with Gasteiger partial charge in [0.15, 0.2) is 17.8 Å². The zero-order valence-electron chi connectivity index (χ0n) is 12.2. The van der Waals surface area contributed by atoms with Crippen molar-refractivity contribution in [2.75, 3.05) is 13.2 Å². The number of hydrogen-bond acceptors (Lipinski definition) is 4. The van der Waals surface area contributed by atoms with E-state index in [0.717, 1.165) is 16.1 Å². The molecule has 0 unspecified atom stereocenters. The van der Waals surface area contributed by atoms with E-state index in [1.165, 1.54) is 11.8 Å². The minimum absolute atomic E-state index is 0.531. The predicted molar refractivity (Wildman–Crippen MR) is 84.7 cm³/mol. The van der Waals surface area contributed by atoms with E-state index in [1.807, 2.05) is 50.2 Å². The summed E-state index contributed by atoms with van der Waals surface area (Å²) in [7, 11) is 0.